The molecule has 1 aliphatic rings. The zero-order valence-corrected chi connectivity index (χ0v) is 16.6. The Kier molecular flexibility index (Phi) is 4.90. The third-order valence-corrected chi connectivity index (χ3v) is 5.38. The molecule has 0 radical (unpaired) electrons. The van der Waals surface area contributed by atoms with Crippen LogP contribution in [0.3, 0.4) is 0 Å². The van der Waals surface area contributed by atoms with Gasteiger partial charge in [-0.1, -0.05) is 23.3 Å². The van der Waals surface area contributed by atoms with Crippen molar-refractivity contribution in [1.82, 2.24) is 9.97 Å². The van der Waals surface area contributed by atoms with Crippen molar-refractivity contribution in [2.24, 2.45) is 5.92 Å². The predicted molar refractivity (Wildman–Crippen MR) is 115 cm³/mol. The first kappa shape index (κ1) is 18.3. The van der Waals surface area contributed by atoms with Crippen molar-refractivity contribution < 1.29 is 4.79 Å². The average molecular weight is 374 g/mol. The number of amides is 1. The summed E-state index contributed by atoms with van der Waals surface area (Å²) in [5.41, 5.74) is 6.98. The number of nitrogens with zero attached hydrogens (tertiary/aromatic N) is 1. The zero-order chi connectivity index (χ0) is 19.7. The number of benzene rings is 1. The number of fused-ring (bicyclic) bond motifs is 1. The fraction of sp³-hybridized carbons (Fsp3) is 0.304. The van der Waals surface area contributed by atoms with Gasteiger partial charge in [0, 0.05) is 35.8 Å². The van der Waals surface area contributed by atoms with Crippen LogP contribution < -0.4 is 10.6 Å². The molecule has 0 atom stereocenters. The average Bonchev–Trinajstić information content (AvgIpc) is 3.45. The summed E-state index contributed by atoms with van der Waals surface area (Å²) in [4.78, 5) is 19.7. The summed E-state index contributed by atoms with van der Waals surface area (Å²) in [7, 11) is 0. The number of carbonyl (C=O) groups excluding carboxylic acids is 1. The Morgan fingerprint density at radius 3 is 2.79 bits per heavy atom. The van der Waals surface area contributed by atoms with Crippen molar-refractivity contribution >= 4 is 28.3 Å². The quantitative estimate of drug-likeness (QED) is 0.510. The van der Waals surface area contributed by atoms with Crippen LogP contribution in [-0.4, -0.2) is 22.4 Å². The van der Waals surface area contributed by atoms with Gasteiger partial charge in [-0.15, -0.1) is 0 Å². The molecule has 4 rings (SSSR count). The van der Waals surface area contributed by atoms with Crippen LogP contribution in [0.25, 0.3) is 22.0 Å². The number of aromatic amines is 1. The number of hydrogen-bond donors (Lipinski definition) is 3. The molecule has 1 amide bonds. The van der Waals surface area contributed by atoms with Crippen molar-refractivity contribution in [2.75, 3.05) is 17.2 Å². The SMILES string of the molecule is CC(C)=C(C)CNc1cccc2c(-c3ccnc(NC(=O)C4CC4)c3)c[nH]c12. The lowest BCUT2D eigenvalue weighted by Crippen LogP contribution is -2.14. The van der Waals surface area contributed by atoms with Crippen molar-refractivity contribution in [3.05, 3.63) is 53.9 Å². The Hall–Kier alpha value is -3.08. The summed E-state index contributed by atoms with van der Waals surface area (Å²) in [5, 5.41) is 7.61. The molecule has 5 nitrogen and oxygen atoms in total. The van der Waals surface area contributed by atoms with Crippen LogP contribution in [0.1, 0.15) is 33.6 Å². The summed E-state index contributed by atoms with van der Waals surface area (Å²) in [5.74, 6) is 0.846. The highest BCUT2D eigenvalue weighted by atomic mass is 16.2. The Bertz CT molecular complexity index is 1060. The van der Waals surface area contributed by atoms with Gasteiger partial charge in [-0.2, -0.15) is 0 Å². The minimum absolute atomic E-state index is 0.0738. The third kappa shape index (κ3) is 3.79. The second-order valence-electron chi connectivity index (χ2n) is 7.76. The van der Waals surface area contributed by atoms with Crippen molar-refractivity contribution in [3.63, 3.8) is 0 Å². The summed E-state index contributed by atoms with van der Waals surface area (Å²) >= 11 is 0. The Morgan fingerprint density at radius 2 is 2.04 bits per heavy atom. The van der Waals surface area contributed by atoms with Crippen LogP contribution in [0, 0.1) is 5.92 Å². The van der Waals surface area contributed by atoms with Crippen LogP contribution in [-0.2, 0) is 4.79 Å². The van der Waals surface area contributed by atoms with E-state index in [0.29, 0.717) is 5.82 Å². The summed E-state index contributed by atoms with van der Waals surface area (Å²) in [6, 6.07) is 10.2. The van der Waals surface area contributed by atoms with Gasteiger partial charge in [0.2, 0.25) is 5.91 Å². The zero-order valence-electron chi connectivity index (χ0n) is 16.6. The summed E-state index contributed by atoms with van der Waals surface area (Å²) in [6.45, 7) is 7.24. The Morgan fingerprint density at radius 1 is 1.21 bits per heavy atom. The molecule has 3 aromatic rings. The van der Waals surface area contributed by atoms with Gasteiger partial charge in [0.1, 0.15) is 5.82 Å². The van der Waals surface area contributed by atoms with Crippen molar-refractivity contribution in [2.45, 2.75) is 33.6 Å². The van der Waals surface area contributed by atoms with Crippen LogP contribution in [0.2, 0.25) is 0 Å². The largest absolute Gasteiger partial charge is 0.380 e. The monoisotopic (exact) mass is 374 g/mol. The molecule has 0 aliphatic heterocycles. The maximum absolute atomic E-state index is 12.0. The number of aromatic nitrogens is 2. The normalized spacial score (nSPS) is 13.4. The van der Waals surface area contributed by atoms with Gasteiger partial charge in [0.05, 0.1) is 11.2 Å². The number of allylic oxidation sites excluding steroid dienone is 1. The van der Waals surface area contributed by atoms with Gasteiger partial charge in [0.15, 0.2) is 0 Å². The number of pyridine rings is 1. The third-order valence-electron chi connectivity index (χ3n) is 5.38. The highest BCUT2D eigenvalue weighted by Gasteiger charge is 2.29. The number of carbonyl (C=O) groups is 1. The molecule has 0 bridgehead atoms. The van der Waals surface area contributed by atoms with Gasteiger partial charge in [-0.05, 0) is 57.4 Å². The van der Waals surface area contributed by atoms with Gasteiger partial charge in [0.25, 0.3) is 0 Å². The molecule has 28 heavy (non-hydrogen) atoms. The van der Waals surface area contributed by atoms with Gasteiger partial charge in [-0.25, -0.2) is 4.98 Å². The van der Waals surface area contributed by atoms with E-state index in [4.69, 9.17) is 0 Å². The number of anilines is 2. The first-order valence-corrected chi connectivity index (χ1v) is 9.77. The molecular weight excluding hydrogens is 348 g/mol. The molecule has 0 spiro atoms. The first-order valence-electron chi connectivity index (χ1n) is 9.77. The standard InChI is InChI=1S/C23H26N4O/c1-14(2)15(3)12-25-20-6-4-5-18-19(13-26-22(18)20)17-9-10-24-21(11-17)27-23(28)16-7-8-16/h4-6,9-11,13,16,25-26H,7-8,12H2,1-3H3,(H,24,27,28). The highest BCUT2D eigenvalue weighted by molar-refractivity contribution is 6.02. The molecule has 2 aromatic heterocycles. The molecule has 1 aliphatic carbocycles. The topological polar surface area (TPSA) is 69.8 Å². The van der Waals surface area contributed by atoms with Crippen LogP contribution in [0.4, 0.5) is 11.5 Å². The fourth-order valence-electron chi connectivity index (χ4n) is 3.19. The molecule has 1 fully saturated rings. The van der Waals surface area contributed by atoms with Crippen LogP contribution in [0.5, 0.6) is 0 Å². The van der Waals surface area contributed by atoms with E-state index in [0.717, 1.165) is 47.1 Å². The van der Waals surface area contributed by atoms with Gasteiger partial charge >= 0.3 is 0 Å². The van der Waals surface area contributed by atoms with E-state index in [-0.39, 0.29) is 11.8 Å². The first-order chi connectivity index (χ1) is 13.5. The van der Waals surface area contributed by atoms with E-state index in [1.54, 1.807) is 6.20 Å². The minimum Gasteiger partial charge on any atom is -0.380 e. The molecule has 3 N–H and O–H groups in total. The Labute approximate surface area is 165 Å². The summed E-state index contributed by atoms with van der Waals surface area (Å²) < 4.78 is 0. The van der Waals surface area contributed by atoms with Gasteiger partial charge < -0.3 is 15.6 Å². The molecule has 2 heterocycles. The molecule has 0 unspecified atom stereocenters. The maximum atomic E-state index is 12.0. The number of H-pyrrole nitrogens is 1. The second-order valence-corrected chi connectivity index (χ2v) is 7.76. The predicted octanol–water partition coefficient (Wildman–Crippen LogP) is 5.35. The lowest BCUT2D eigenvalue weighted by Gasteiger charge is -2.10. The van der Waals surface area contributed by atoms with E-state index in [2.05, 4.69) is 59.6 Å². The van der Waals surface area contributed by atoms with E-state index < -0.39 is 0 Å². The molecular formula is C23H26N4O. The molecule has 144 valence electrons. The number of nitrogens with one attached hydrogen (secondary N) is 3. The highest BCUT2D eigenvalue weighted by Crippen LogP contribution is 2.34. The van der Waals surface area contributed by atoms with Crippen LogP contribution >= 0.6 is 0 Å². The van der Waals surface area contributed by atoms with E-state index in [1.165, 1.54) is 11.1 Å². The van der Waals surface area contributed by atoms with E-state index >= 15 is 0 Å². The van der Waals surface area contributed by atoms with Crippen molar-refractivity contribution in [3.8, 4) is 11.1 Å². The lowest BCUT2D eigenvalue weighted by molar-refractivity contribution is -0.117. The smallest absolute Gasteiger partial charge is 0.228 e. The molecule has 0 saturated heterocycles. The van der Waals surface area contributed by atoms with Crippen LogP contribution in [0.15, 0.2) is 53.9 Å². The number of para-hydroxylation sites is 1. The van der Waals surface area contributed by atoms with Crippen molar-refractivity contribution in [1.29, 1.82) is 0 Å². The molecule has 1 saturated carbocycles. The summed E-state index contributed by atoms with van der Waals surface area (Å²) in [6.07, 6.45) is 5.73. The Balaban J connectivity index is 1.62. The molecule has 5 heteroatoms. The van der Waals surface area contributed by atoms with E-state index in [1.807, 2.05) is 18.3 Å². The number of rotatable bonds is 6. The second kappa shape index (κ2) is 7.50. The maximum Gasteiger partial charge on any atom is 0.228 e. The number of hydrogen-bond acceptors (Lipinski definition) is 3. The fourth-order valence-corrected chi connectivity index (χ4v) is 3.19. The van der Waals surface area contributed by atoms with E-state index in [9.17, 15) is 4.79 Å². The van der Waals surface area contributed by atoms with Gasteiger partial charge in [-0.3, -0.25) is 4.79 Å². The molecule has 1 aromatic carbocycles. The lowest BCUT2D eigenvalue weighted by atomic mass is 10.1. The minimum atomic E-state index is 0.0738.